The average Bonchev–Trinajstić information content (AvgIpc) is 2.71. The molecule has 5 nitrogen and oxygen atoms in total. The van der Waals surface area contributed by atoms with Crippen LogP contribution in [-0.2, 0) is 4.79 Å². The van der Waals surface area contributed by atoms with E-state index in [4.69, 9.17) is 11.6 Å². The summed E-state index contributed by atoms with van der Waals surface area (Å²) in [6.07, 6.45) is 0. The highest BCUT2D eigenvalue weighted by Gasteiger charge is 2.30. The van der Waals surface area contributed by atoms with Gasteiger partial charge in [-0.1, -0.05) is 17.7 Å². The molecule has 0 bridgehead atoms. The van der Waals surface area contributed by atoms with Gasteiger partial charge in [0.2, 0.25) is 5.91 Å². The van der Waals surface area contributed by atoms with Gasteiger partial charge < -0.3 is 10.2 Å². The fourth-order valence-corrected chi connectivity index (χ4v) is 2.22. The Kier molecular flexibility index (Phi) is 4.27. The number of benzene rings is 1. The Morgan fingerprint density at radius 2 is 2.21 bits per heavy atom. The number of hydrogen-bond donors (Lipinski definition) is 1. The van der Waals surface area contributed by atoms with Crippen molar-refractivity contribution in [2.75, 3.05) is 31.1 Å². The number of carbonyl (C=O) groups excluding carboxylic acids is 2. The molecule has 0 atom stereocenters. The normalized spacial score (nSPS) is 14.9. The zero-order valence-electron chi connectivity index (χ0n) is 10.7. The number of nitrogens with zero attached hydrogens (tertiary/aromatic N) is 2. The van der Waals surface area contributed by atoms with E-state index in [1.807, 2.05) is 13.0 Å². The summed E-state index contributed by atoms with van der Waals surface area (Å²) >= 11 is 5.92. The second kappa shape index (κ2) is 5.93. The van der Waals surface area contributed by atoms with Gasteiger partial charge in [-0.3, -0.25) is 9.69 Å². The molecule has 0 aromatic heterocycles. The maximum atomic E-state index is 12.2. The second-order valence-electron chi connectivity index (χ2n) is 4.29. The lowest BCUT2D eigenvalue weighted by Crippen LogP contribution is -2.39. The van der Waals surface area contributed by atoms with Crippen LogP contribution in [0.15, 0.2) is 24.3 Å². The van der Waals surface area contributed by atoms with Gasteiger partial charge >= 0.3 is 6.03 Å². The average molecular weight is 282 g/mol. The maximum absolute atomic E-state index is 12.2. The SMILES string of the molecule is CCNC(=O)CN1CCN(c2cccc(Cl)c2)C1=O. The summed E-state index contributed by atoms with van der Waals surface area (Å²) in [5.41, 5.74) is 0.760. The van der Waals surface area contributed by atoms with Gasteiger partial charge in [0.25, 0.3) is 0 Å². The van der Waals surface area contributed by atoms with Gasteiger partial charge in [-0.25, -0.2) is 4.79 Å². The first-order chi connectivity index (χ1) is 9.11. The summed E-state index contributed by atoms with van der Waals surface area (Å²) in [7, 11) is 0. The Bertz CT molecular complexity index is 493. The summed E-state index contributed by atoms with van der Waals surface area (Å²) in [5.74, 6) is -0.135. The van der Waals surface area contributed by atoms with Crippen LogP contribution in [0.5, 0.6) is 0 Å². The zero-order chi connectivity index (χ0) is 13.8. The molecule has 1 aromatic rings. The Balaban J connectivity index is 2.03. The van der Waals surface area contributed by atoms with Crippen LogP contribution in [0.3, 0.4) is 0 Å². The van der Waals surface area contributed by atoms with Crippen molar-refractivity contribution in [2.45, 2.75) is 6.92 Å². The lowest BCUT2D eigenvalue weighted by molar-refractivity contribution is -0.121. The van der Waals surface area contributed by atoms with E-state index < -0.39 is 0 Å². The van der Waals surface area contributed by atoms with Gasteiger partial charge in [-0.05, 0) is 25.1 Å². The minimum atomic E-state index is -0.159. The van der Waals surface area contributed by atoms with Crippen molar-refractivity contribution < 1.29 is 9.59 Å². The molecular formula is C13H16ClN3O2. The first-order valence-corrected chi connectivity index (χ1v) is 6.58. The molecule has 1 N–H and O–H groups in total. The molecule has 0 unspecified atom stereocenters. The molecular weight excluding hydrogens is 266 g/mol. The maximum Gasteiger partial charge on any atom is 0.325 e. The molecule has 102 valence electrons. The van der Waals surface area contributed by atoms with E-state index in [9.17, 15) is 9.59 Å². The smallest absolute Gasteiger partial charge is 0.325 e. The number of rotatable bonds is 4. The first kappa shape index (κ1) is 13.7. The van der Waals surface area contributed by atoms with E-state index in [1.165, 1.54) is 4.90 Å². The third kappa shape index (κ3) is 3.17. The Morgan fingerprint density at radius 1 is 1.42 bits per heavy atom. The van der Waals surface area contributed by atoms with Gasteiger partial charge in [0.15, 0.2) is 0 Å². The van der Waals surface area contributed by atoms with Crippen LogP contribution in [0.1, 0.15) is 6.92 Å². The van der Waals surface area contributed by atoms with Gasteiger partial charge in [-0.15, -0.1) is 0 Å². The lowest BCUT2D eigenvalue weighted by atomic mass is 10.3. The number of urea groups is 1. The molecule has 0 spiro atoms. The predicted molar refractivity (Wildman–Crippen MR) is 74.5 cm³/mol. The molecule has 1 aliphatic heterocycles. The van der Waals surface area contributed by atoms with E-state index in [0.717, 1.165) is 5.69 Å². The largest absolute Gasteiger partial charge is 0.355 e. The summed E-state index contributed by atoms with van der Waals surface area (Å²) in [4.78, 5) is 26.8. The number of amides is 3. The van der Waals surface area contributed by atoms with Crippen molar-refractivity contribution in [3.05, 3.63) is 29.3 Å². The molecule has 1 fully saturated rings. The van der Waals surface area contributed by atoms with Crippen LogP contribution in [0.25, 0.3) is 0 Å². The molecule has 6 heteroatoms. The molecule has 3 amide bonds. The van der Waals surface area contributed by atoms with Crippen LogP contribution in [0.4, 0.5) is 10.5 Å². The zero-order valence-corrected chi connectivity index (χ0v) is 11.5. The van der Waals surface area contributed by atoms with Gasteiger partial charge in [0.1, 0.15) is 6.54 Å². The highest BCUT2D eigenvalue weighted by atomic mass is 35.5. The monoisotopic (exact) mass is 281 g/mol. The van der Waals surface area contributed by atoms with Gasteiger partial charge in [0, 0.05) is 30.3 Å². The number of anilines is 1. The fourth-order valence-electron chi connectivity index (χ4n) is 2.04. The van der Waals surface area contributed by atoms with Crippen molar-refractivity contribution in [3.8, 4) is 0 Å². The molecule has 2 rings (SSSR count). The Labute approximate surface area is 117 Å². The molecule has 1 aromatic carbocycles. The lowest BCUT2D eigenvalue weighted by Gasteiger charge is -2.18. The third-order valence-electron chi connectivity index (χ3n) is 2.92. The van der Waals surface area contributed by atoms with Crippen molar-refractivity contribution >= 4 is 29.2 Å². The van der Waals surface area contributed by atoms with Gasteiger partial charge in [0.05, 0.1) is 0 Å². The number of nitrogens with one attached hydrogen (secondary N) is 1. The fraction of sp³-hybridized carbons (Fsp3) is 0.385. The topological polar surface area (TPSA) is 52.7 Å². The quantitative estimate of drug-likeness (QED) is 0.914. The summed E-state index contributed by atoms with van der Waals surface area (Å²) in [6, 6.07) is 6.98. The minimum absolute atomic E-state index is 0.101. The second-order valence-corrected chi connectivity index (χ2v) is 4.73. The van der Waals surface area contributed by atoms with E-state index in [-0.39, 0.29) is 18.5 Å². The van der Waals surface area contributed by atoms with Crippen LogP contribution in [-0.4, -0.2) is 43.0 Å². The van der Waals surface area contributed by atoms with Crippen LogP contribution < -0.4 is 10.2 Å². The highest BCUT2D eigenvalue weighted by Crippen LogP contribution is 2.23. The molecule has 1 heterocycles. The number of hydrogen-bond acceptors (Lipinski definition) is 2. The van der Waals surface area contributed by atoms with Crippen molar-refractivity contribution in [1.82, 2.24) is 10.2 Å². The summed E-state index contributed by atoms with van der Waals surface area (Å²) in [6.45, 7) is 3.63. The molecule has 1 aliphatic rings. The summed E-state index contributed by atoms with van der Waals surface area (Å²) < 4.78 is 0. The molecule has 0 aliphatic carbocycles. The van der Waals surface area contributed by atoms with E-state index in [0.29, 0.717) is 24.7 Å². The summed E-state index contributed by atoms with van der Waals surface area (Å²) in [5, 5.41) is 3.27. The van der Waals surface area contributed by atoms with Crippen molar-refractivity contribution in [2.24, 2.45) is 0 Å². The van der Waals surface area contributed by atoms with Crippen molar-refractivity contribution in [3.63, 3.8) is 0 Å². The van der Waals surface area contributed by atoms with E-state index >= 15 is 0 Å². The van der Waals surface area contributed by atoms with Crippen molar-refractivity contribution in [1.29, 1.82) is 0 Å². The number of likely N-dealkylation sites (N-methyl/N-ethyl adjacent to an activating group) is 1. The first-order valence-electron chi connectivity index (χ1n) is 6.20. The molecule has 0 radical (unpaired) electrons. The van der Waals surface area contributed by atoms with Gasteiger partial charge in [-0.2, -0.15) is 0 Å². The number of halogens is 1. The highest BCUT2D eigenvalue weighted by molar-refractivity contribution is 6.30. The van der Waals surface area contributed by atoms with Crippen LogP contribution in [0, 0.1) is 0 Å². The predicted octanol–water partition coefficient (Wildman–Crippen LogP) is 1.72. The third-order valence-corrected chi connectivity index (χ3v) is 3.16. The number of carbonyl (C=O) groups is 2. The van der Waals surface area contributed by atoms with E-state index in [1.54, 1.807) is 23.1 Å². The Morgan fingerprint density at radius 3 is 2.89 bits per heavy atom. The molecule has 19 heavy (non-hydrogen) atoms. The van der Waals surface area contributed by atoms with Crippen LogP contribution >= 0.6 is 11.6 Å². The van der Waals surface area contributed by atoms with E-state index in [2.05, 4.69) is 5.32 Å². The standard InChI is InChI=1S/C13H16ClN3O2/c1-2-15-12(18)9-16-6-7-17(13(16)19)11-5-3-4-10(14)8-11/h3-5,8H,2,6-7,9H2,1H3,(H,15,18). The van der Waals surface area contributed by atoms with Crippen LogP contribution in [0.2, 0.25) is 5.02 Å². The minimum Gasteiger partial charge on any atom is -0.355 e. The molecule has 1 saturated heterocycles. The Hall–Kier alpha value is -1.75. The molecule has 0 saturated carbocycles.